The number of hydrogen-bond donors (Lipinski definition) is 1. The molecule has 1 aromatic carbocycles. The average molecular weight is 237 g/mol. The fourth-order valence-electron chi connectivity index (χ4n) is 1.75. The summed E-state index contributed by atoms with van der Waals surface area (Å²) < 4.78 is 5.58. The molecule has 0 aromatic heterocycles. The molecule has 0 aliphatic heterocycles. The Labute approximate surface area is 99.2 Å². The molecule has 0 heterocycles. The second-order valence-electron chi connectivity index (χ2n) is 4.49. The summed E-state index contributed by atoms with van der Waals surface area (Å²) in [6.07, 6.45) is 1.34. The van der Waals surface area contributed by atoms with E-state index in [9.17, 15) is 10.1 Å². The first kappa shape index (κ1) is 12.0. The number of nitro groups is 1. The minimum Gasteiger partial charge on any atom is -0.392 e. The predicted molar refractivity (Wildman–Crippen MR) is 61.4 cm³/mol. The fraction of sp³-hybridized carbons (Fsp3) is 0.500. The van der Waals surface area contributed by atoms with E-state index in [1.54, 1.807) is 6.07 Å². The van der Waals surface area contributed by atoms with E-state index in [0.29, 0.717) is 18.1 Å². The van der Waals surface area contributed by atoms with E-state index < -0.39 is 4.92 Å². The second-order valence-corrected chi connectivity index (χ2v) is 4.49. The van der Waals surface area contributed by atoms with Crippen molar-refractivity contribution in [3.63, 3.8) is 0 Å². The number of benzene rings is 1. The molecule has 0 bridgehead atoms. The van der Waals surface area contributed by atoms with Gasteiger partial charge in [0.25, 0.3) is 5.69 Å². The maximum absolute atomic E-state index is 10.7. The monoisotopic (exact) mass is 237 g/mol. The summed E-state index contributed by atoms with van der Waals surface area (Å²) in [5.74, 6) is 0.589. The SMILES string of the molecule is CC1CC1OCc1cc(CO)cc([N+](=O)[O-])c1. The Bertz CT molecular complexity index is 433. The molecule has 17 heavy (non-hydrogen) atoms. The van der Waals surface area contributed by atoms with Crippen LogP contribution in [0.1, 0.15) is 24.5 Å². The Morgan fingerprint density at radius 3 is 2.65 bits per heavy atom. The Morgan fingerprint density at radius 2 is 2.12 bits per heavy atom. The van der Waals surface area contributed by atoms with E-state index in [1.807, 2.05) is 0 Å². The highest BCUT2D eigenvalue weighted by Gasteiger charge is 2.33. The van der Waals surface area contributed by atoms with Crippen LogP contribution in [0.25, 0.3) is 0 Å². The lowest BCUT2D eigenvalue weighted by molar-refractivity contribution is -0.385. The molecule has 0 saturated heterocycles. The molecular weight excluding hydrogens is 222 g/mol. The normalized spacial score (nSPS) is 22.5. The molecule has 5 nitrogen and oxygen atoms in total. The van der Waals surface area contributed by atoms with Gasteiger partial charge in [-0.15, -0.1) is 0 Å². The zero-order chi connectivity index (χ0) is 12.4. The number of non-ortho nitro benzene ring substituents is 1. The third-order valence-electron chi connectivity index (χ3n) is 2.93. The first-order valence-electron chi connectivity index (χ1n) is 5.60. The van der Waals surface area contributed by atoms with Gasteiger partial charge in [-0.25, -0.2) is 0 Å². The van der Waals surface area contributed by atoms with Crippen LogP contribution in [0, 0.1) is 16.0 Å². The summed E-state index contributed by atoms with van der Waals surface area (Å²) in [5.41, 5.74) is 1.28. The summed E-state index contributed by atoms with van der Waals surface area (Å²) >= 11 is 0. The smallest absolute Gasteiger partial charge is 0.270 e. The van der Waals surface area contributed by atoms with Gasteiger partial charge in [0.15, 0.2) is 0 Å². The molecule has 0 spiro atoms. The molecular formula is C12H15NO4. The van der Waals surface area contributed by atoms with Crippen molar-refractivity contribution in [1.29, 1.82) is 0 Å². The summed E-state index contributed by atoms with van der Waals surface area (Å²) in [7, 11) is 0. The molecule has 2 rings (SSSR count). The zero-order valence-corrected chi connectivity index (χ0v) is 9.63. The van der Waals surface area contributed by atoms with Crippen LogP contribution < -0.4 is 0 Å². The van der Waals surface area contributed by atoms with Crippen molar-refractivity contribution in [3.05, 3.63) is 39.4 Å². The average Bonchev–Trinajstić information content (AvgIpc) is 3.02. The standard InChI is InChI=1S/C12H15NO4/c1-8-2-12(8)17-7-10-3-9(6-14)4-11(5-10)13(15)16/h3-5,8,12,14H,2,6-7H2,1H3. The fourth-order valence-corrected chi connectivity index (χ4v) is 1.75. The molecule has 2 unspecified atom stereocenters. The summed E-state index contributed by atoms with van der Waals surface area (Å²) in [6.45, 7) is 2.27. The van der Waals surface area contributed by atoms with Crippen molar-refractivity contribution < 1.29 is 14.8 Å². The highest BCUT2D eigenvalue weighted by atomic mass is 16.6. The third kappa shape index (κ3) is 3.01. The highest BCUT2D eigenvalue weighted by Crippen LogP contribution is 2.33. The van der Waals surface area contributed by atoms with Crippen molar-refractivity contribution in [2.24, 2.45) is 5.92 Å². The number of nitro benzene ring substituents is 1. The molecule has 1 saturated carbocycles. The molecule has 0 radical (unpaired) electrons. The number of rotatable bonds is 5. The van der Waals surface area contributed by atoms with Crippen molar-refractivity contribution in [3.8, 4) is 0 Å². The Kier molecular flexibility index (Phi) is 3.40. The Hall–Kier alpha value is -1.46. The van der Waals surface area contributed by atoms with Gasteiger partial charge in [-0.05, 0) is 23.5 Å². The van der Waals surface area contributed by atoms with Crippen LogP contribution in [0.2, 0.25) is 0 Å². The molecule has 1 aliphatic carbocycles. The topological polar surface area (TPSA) is 72.6 Å². The first-order valence-corrected chi connectivity index (χ1v) is 5.60. The maximum atomic E-state index is 10.7. The minimum atomic E-state index is -0.456. The highest BCUT2D eigenvalue weighted by molar-refractivity contribution is 5.38. The summed E-state index contributed by atoms with van der Waals surface area (Å²) in [4.78, 5) is 10.3. The van der Waals surface area contributed by atoms with Gasteiger partial charge < -0.3 is 9.84 Å². The largest absolute Gasteiger partial charge is 0.392 e. The van der Waals surface area contributed by atoms with Crippen LogP contribution in [-0.4, -0.2) is 16.1 Å². The van der Waals surface area contributed by atoms with Gasteiger partial charge in [0.05, 0.1) is 24.2 Å². The van der Waals surface area contributed by atoms with Crippen LogP contribution in [-0.2, 0) is 18.0 Å². The van der Waals surface area contributed by atoms with Crippen molar-refractivity contribution in [2.75, 3.05) is 0 Å². The van der Waals surface area contributed by atoms with Gasteiger partial charge >= 0.3 is 0 Å². The Morgan fingerprint density at radius 1 is 1.47 bits per heavy atom. The lowest BCUT2D eigenvalue weighted by Gasteiger charge is -2.05. The Balaban J connectivity index is 2.09. The number of ether oxygens (including phenoxy) is 1. The number of aliphatic hydroxyl groups excluding tert-OH is 1. The quantitative estimate of drug-likeness (QED) is 0.628. The molecule has 1 aliphatic rings. The number of hydrogen-bond acceptors (Lipinski definition) is 4. The van der Waals surface area contributed by atoms with Gasteiger partial charge in [-0.3, -0.25) is 10.1 Å². The van der Waals surface area contributed by atoms with Gasteiger partial charge in [-0.2, -0.15) is 0 Å². The van der Waals surface area contributed by atoms with Crippen LogP contribution in [0.3, 0.4) is 0 Å². The lowest BCUT2D eigenvalue weighted by atomic mass is 10.1. The molecule has 1 fully saturated rings. The van der Waals surface area contributed by atoms with Crippen LogP contribution in [0.4, 0.5) is 5.69 Å². The van der Waals surface area contributed by atoms with Crippen LogP contribution >= 0.6 is 0 Å². The van der Waals surface area contributed by atoms with Gasteiger partial charge in [-0.1, -0.05) is 13.0 Å². The van der Waals surface area contributed by atoms with E-state index in [0.717, 1.165) is 12.0 Å². The first-order chi connectivity index (χ1) is 8.10. The number of aliphatic hydroxyl groups is 1. The minimum absolute atomic E-state index is 0.000930. The van der Waals surface area contributed by atoms with Crippen LogP contribution in [0.5, 0.6) is 0 Å². The summed E-state index contributed by atoms with van der Waals surface area (Å²) in [5, 5.41) is 19.7. The molecule has 5 heteroatoms. The molecule has 1 aromatic rings. The molecule has 2 atom stereocenters. The summed E-state index contributed by atoms with van der Waals surface area (Å²) in [6, 6.07) is 4.61. The van der Waals surface area contributed by atoms with Crippen molar-refractivity contribution in [1.82, 2.24) is 0 Å². The lowest BCUT2D eigenvalue weighted by Crippen LogP contribution is -1.99. The van der Waals surface area contributed by atoms with E-state index in [2.05, 4.69) is 6.92 Å². The van der Waals surface area contributed by atoms with E-state index in [1.165, 1.54) is 12.1 Å². The van der Waals surface area contributed by atoms with E-state index >= 15 is 0 Å². The maximum Gasteiger partial charge on any atom is 0.270 e. The predicted octanol–water partition coefficient (Wildman–Crippen LogP) is 2.01. The van der Waals surface area contributed by atoms with E-state index in [4.69, 9.17) is 9.84 Å². The third-order valence-corrected chi connectivity index (χ3v) is 2.93. The van der Waals surface area contributed by atoms with Crippen molar-refractivity contribution in [2.45, 2.75) is 32.7 Å². The van der Waals surface area contributed by atoms with Crippen LogP contribution in [0.15, 0.2) is 18.2 Å². The van der Waals surface area contributed by atoms with E-state index in [-0.39, 0.29) is 18.4 Å². The van der Waals surface area contributed by atoms with Gasteiger partial charge in [0, 0.05) is 12.1 Å². The zero-order valence-electron chi connectivity index (χ0n) is 9.63. The number of nitrogens with zero attached hydrogens (tertiary/aromatic N) is 1. The second kappa shape index (κ2) is 4.81. The molecule has 92 valence electrons. The van der Waals surface area contributed by atoms with Crippen molar-refractivity contribution >= 4 is 5.69 Å². The molecule has 0 amide bonds. The van der Waals surface area contributed by atoms with Gasteiger partial charge in [0.2, 0.25) is 0 Å². The van der Waals surface area contributed by atoms with Gasteiger partial charge in [0.1, 0.15) is 0 Å². The molecule has 1 N–H and O–H groups in total.